The molecule has 7 heteroatoms. The number of aromatic nitrogens is 3. The molecule has 2 rings (SSSR count). The van der Waals surface area contributed by atoms with Crippen LogP contribution in [0.5, 0.6) is 0 Å². The Hall–Kier alpha value is -2.33. The fourth-order valence-corrected chi connectivity index (χ4v) is 1.79. The summed E-state index contributed by atoms with van der Waals surface area (Å²) in [5, 5.41) is 18.8. The quantitative estimate of drug-likeness (QED) is 0.892. The molecule has 0 saturated carbocycles. The van der Waals surface area contributed by atoms with Gasteiger partial charge >= 0.3 is 0 Å². The predicted molar refractivity (Wildman–Crippen MR) is 65.6 cm³/mol. The Morgan fingerprint density at radius 3 is 2.83 bits per heavy atom. The first-order valence-electron chi connectivity index (χ1n) is 5.19. The minimum Gasteiger partial charge on any atom is -0.298 e. The molecule has 0 spiro atoms. The van der Waals surface area contributed by atoms with Crippen LogP contribution in [0.1, 0.15) is 5.56 Å². The largest absolute Gasteiger partial charge is 0.298 e. The molecule has 1 N–H and O–H groups in total. The van der Waals surface area contributed by atoms with E-state index in [4.69, 9.17) is 5.26 Å². The van der Waals surface area contributed by atoms with E-state index in [-0.39, 0.29) is 5.91 Å². The highest BCUT2D eigenvalue weighted by Gasteiger charge is 2.19. The average molecular weight is 259 g/mol. The lowest BCUT2D eigenvalue weighted by atomic mass is 10.00. The second-order valence-corrected chi connectivity index (χ2v) is 4.26. The van der Waals surface area contributed by atoms with Gasteiger partial charge in [0.15, 0.2) is 0 Å². The SMILES string of the molecule is N#CC(Cc1ccccc1)C(=O)Nc1nnns1. The van der Waals surface area contributed by atoms with Gasteiger partial charge in [-0.3, -0.25) is 10.1 Å². The molecule has 1 amide bonds. The fourth-order valence-electron chi connectivity index (χ4n) is 1.42. The number of rotatable bonds is 4. The minimum absolute atomic E-state index is 0.299. The molecule has 0 radical (unpaired) electrons. The monoisotopic (exact) mass is 259 g/mol. The number of benzene rings is 1. The van der Waals surface area contributed by atoms with E-state index in [1.807, 2.05) is 36.4 Å². The Labute approximate surface area is 107 Å². The zero-order valence-corrected chi connectivity index (χ0v) is 10.1. The van der Waals surface area contributed by atoms with Gasteiger partial charge in [0.1, 0.15) is 5.92 Å². The van der Waals surface area contributed by atoms with Crippen molar-refractivity contribution < 1.29 is 4.79 Å². The van der Waals surface area contributed by atoms with Crippen molar-refractivity contribution in [2.75, 3.05) is 5.32 Å². The van der Waals surface area contributed by atoms with Gasteiger partial charge in [0.25, 0.3) is 0 Å². The molecular weight excluding hydrogens is 250 g/mol. The molecule has 0 aliphatic carbocycles. The maximum Gasteiger partial charge on any atom is 0.243 e. The number of nitrogens with one attached hydrogen (secondary N) is 1. The number of nitrogens with zero attached hydrogens (tertiary/aromatic N) is 4. The van der Waals surface area contributed by atoms with Crippen molar-refractivity contribution in [2.45, 2.75) is 6.42 Å². The highest BCUT2D eigenvalue weighted by atomic mass is 32.1. The molecule has 1 unspecified atom stereocenters. The van der Waals surface area contributed by atoms with Gasteiger partial charge in [0.05, 0.1) is 6.07 Å². The zero-order chi connectivity index (χ0) is 12.8. The van der Waals surface area contributed by atoms with Gasteiger partial charge in [-0.05, 0) is 17.2 Å². The standard InChI is InChI=1S/C11H9N5OS/c12-7-9(6-8-4-2-1-3-5-8)10(17)13-11-14-15-16-18-11/h1-5,9H,6H2,(H,13,14,16,17). The molecule has 1 heterocycles. The summed E-state index contributed by atoms with van der Waals surface area (Å²) >= 11 is 0.972. The summed E-state index contributed by atoms with van der Waals surface area (Å²) in [7, 11) is 0. The zero-order valence-electron chi connectivity index (χ0n) is 9.28. The molecular formula is C11H9N5OS. The predicted octanol–water partition coefficient (Wildman–Crippen LogP) is 1.25. The average Bonchev–Trinajstić information content (AvgIpc) is 2.90. The number of hydrogen-bond acceptors (Lipinski definition) is 6. The number of anilines is 1. The third-order valence-electron chi connectivity index (χ3n) is 2.28. The van der Waals surface area contributed by atoms with Crippen molar-refractivity contribution in [1.82, 2.24) is 14.8 Å². The topological polar surface area (TPSA) is 91.6 Å². The van der Waals surface area contributed by atoms with E-state index >= 15 is 0 Å². The molecule has 1 aromatic heterocycles. The minimum atomic E-state index is -0.753. The molecule has 0 saturated heterocycles. The highest BCUT2D eigenvalue weighted by Crippen LogP contribution is 2.12. The van der Waals surface area contributed by atoms with Crippen LogP contribution in [-0.2, 0) is 11.2 Å². The van der Waals surface area contributed by atoms with Crippen LogP contribution in [0, 0.1) is 17.2 Å². The molecule has 0 bridgehead atoms. The molecule has 1 atom stereocenters. The van der Waals surface area contributed by atoms with E-state index in [9.17, 15) is 4.79 Å². The summed E-state index contributed by atoms with van der Waals surface area (Å²) in [5.41, 5.74) is 0.939. The van der Waals surface area contributed by atoms with E-state index < -0.39 is 5.92 Å². The van der Waals surface area contributed by atoms with E-state index in [1.54, 1.807) is 0 Å². The summed E-state index contributed by atoms with van der Waals surface area (Å²) < 4.78 is 3.53. The van der Waals surface area contributed by atoms with E-state index in [0.29, 0.717) is 11.6 Å². The van der Waals surface area contributed by atoms with Crippen LogP contribution in [-0.4, -0.2) is 20.7 Å². The van der Waals surface area contributed by atoms with Crippen molar-refractivity contribution in [2.24, 2.45) is 5.92 Å². The molecule has 18 heavy (non-hydrogen) atoms. The Bertz CT molecular complexity index is 549. The Kier molecular flexibility index (Phi) is 3.94. The summed E-state index contributed by atoms with van der Waals surface area (Å²) in [4.78, 5) is 11.8. The number of hydrogen-bond donors (Lipinski definition) is 1. The van der Waals surface area contributed by atoms with Gasteiger partial charge in [-0.25, -0.2) is 0 Å². The van der Waals surface area contributed by atoms with Crippen LogP contribution in [0.25, 0.3) is 0 Å². The van der Waals surface area contributed by atoms with Gasteiger partial charge in [0, 0.05) is 11.5 Å². The van der Waals surface area contributed by atoms with E-state index in [0.717, 1.165) is 17.1 Å². The number of carbonyl (C=O) groups excluding carboxylic acids is 1. The maximum atomic E-state index is 11.8. The van der Waals surface area contributed by atoms with Crippen LogP contribution in [0.15, 0.2) is 30.3 Å². The van der Waals surface area contributed by atoms with Gasteiger partial charge in [-0.1, -0.05) is 39.9 Å². The first-order chi connectivity index (χ1) is 8.79. The van der Waals surface area contributed by atoms with Crippen LogP contribution in [0.4, 0.5) is 5.13 Å². The van der Waals surface area contributed by atoms with Crippen molar-refractivity contribution in [3.63, 3.8) is 0 Å². The van der Waals surface area contributed by atoms with Crippen molar-refractivity contribution >= 4 is 22.6 Å². The summed E-state index contributed by atoms with van der Waals surface area (Å²) in [5.74, 6) is -1.14. The van der Waals surface area contributed by atoms with Crippen LogP contribution >= 0.6 is 11.5 Å². The summed E-state index contributed by atoms with van der Waals surface area (Å²) in [6.45, 7) is 0. The van der Waals surface area contributed by atoms with Crippen molar-refractivity contribution in [1.29, 1.82) is 5.26 Å². The molecule has 0 aliphatic heterocycles. The van der Waals surface area contributed by atoms with Crippen molar-refractivity contribution in [3.05, 3.63) is 35.9 Å². The Balaban J connectivity index is 2.01. The summed E-state index contributed by atoms with van der Waals surface area (Å²) in [6, 6.07) is 11.4. The fraction of sp³-hybridized carbons (Fsp3) is 0.182. The molecule has 6 nitrogen and oxygen atoms in total. The lowest BCUT2D eigenvalue weighted by Crippen LogP contribution is -2.23. The van der Waals surface area contributed by atoms with Crippen LogP contribution in [0.2, 0.25) is 0 Å². The molecule has 2 aromatic rings. The van der Waals surface area contributed by atoms with Crippen LogP contribution in [0.3, 0.4) is 0 Å². The van der Waals surface area contributed by atoms with Gasteiger partial charge in [-0.2, -0.15) is 5.26 Å². The lowest BCUT2D eigenvalue weighted by Gasteiger charge is -2.07. The van der Waals surface area contributed by atoms with Gasteiger partial charge in [-0.15, -0.1) is 0 Å². The normalized spacial score (nSPS) is 11.5. The smallest absolute Gasteiger partial charge is 0.243 e. The van der Waals surface area contributed by atoms with E-state index in [1.165, 1.54) is 0 Å². The Morgan fingerprint density at radius 2 is 2.22 bits per heavy atom. The second-order valence-electron chi connectivity index (χ2n) is 3.53. The third-order valence-corrected chi connectivity index (χ3v) is 2.80. The molecule has 90 valence electrons. The Morgan fingerprint density at radius 1 is 1.44 bits per heavy atom. The second kappa shape index (κ2) is 5.84. The van der Waals surface area contributed by atoms with Gasteiger partial charge < -0.3 is 0 Å². The van der Waals surface area contributed by atoms with E-state index in [2.05, 4.69) is 20.1 Å². The highest BCUT2D eigenvalue weighted by molar-refractivity contribution is 7.09. The molecule has 0 aliphatic rings. The maximum absolute atomic E-state index is 11.8. The first-order valence-corrected chi connectivity index (χ1v) is 5.96. The van der Waals surface area contributed by atoms with Crippen LogP contribution < -0.4 is 5.32 Å². The molecule has 1 aromatic carbocycles. The first kappa shape index (κ1) is 12.1. The van der Waals surface area contributed by atoms with Gasteiger partial charge in [0.2, 0.25) is 11.0 Å². The van der Waals surface area contributed by atoms with Crippen molar-refractivity contribution in [3.8, 4) is 6.07 Å². The molecule has 0 fully saturated rings. The lowest BCUT2D eigenvalue weighted by molar-refractivity contribution is -0.118. The number of carbonyl (C=O) groups is 1. The number of amides is 1. The number of nitriles is 1. The third kappa shape index (κ3) is 3.09. The summed E-state index contributed by atoms with van der Waals surface area (Å²) in [6.07, 6.45) is 0.370.